The van der Waals surface area contributed by atoms with Crippen LogP contribution in [0.2, 0.25) is 5.02 Å². The van der Waals surface area contributed by atoms with Crippen molar-refractivity contribution in [3.05, 3.63) is 29.3 Å². The molecule has 24 heavy (non-hydrogen) atoms. The Kier molecular flexibility index (Phi) is 7.71. The topological polar surface area (TPSA) is 77.0 Å². The molecule has 0 bridgehead atoms. The van der Waals surface area contributed by atoms with Crippen molar-refractivity contribution in [1.29, 1.82) is 0 Å². The lowest BCUT2D eigenvalue weighted by Crippen LogP contribution is -2.30. The average molecular weight is 355 g/mol. The summed E-state index contributed by atoms with van der Waals surface area (Å²) in [7, 11) is 1.31. The molecule has 132 valence electrons. The van der Waals surface area contributed by atoms with Crippen LogP contribution in [0.4, 0.5) is 5.69 Å². The van der Waals surface area contributed by atoms with E-state index in [0.717, 1.165) is 0 Å². The van der Waals surface area contributed by atoms with E-state index in [2.05, 4.69) is 15.3 Å². The third kappa shape index (κ3) is 7.97. The normalized spacial score (nSPS) is 11.8. The van der Waals surface area contributed by atoms with Gasteiger partial charge in [-0.2, -0.15) is 0 Å². The van der Waals surface area contributed by atoms with Gasteiger partial charge in [0.15, 0.2) is 0 Å². The molecular weight excluding hydrogens is 332 g/mol. The van der Waals surface area contributed by atoms with Crippen molar-refractivity contribution in [2.75, 3.05) is 12.5 Å². The molecule has 1 N–H and O–H groups in total. The highest BCUT2D eigenvalue weighted by Gasteiger charge is 2.21. The zero-order chi connectivity index (χ0) is 18.2. The van der Waals surface area contributed by atoms with Crippen LogP contribution < -0.4 is 5.43 Å². The number of benzene rings is 1. The quantitative estimate of drug-likeness (QED) is 0.349. The molecule has 0 aliphatic heterocycles. The van der Waals surface area contributed by atoms with Crippen molar-refractivity contribution in [3.8, 4) is 0 Å². The fourth-order valence-corrected chi connectivity index (χ4v) is 1.90. The number of Topliss-reactive ketones (excluding diaryl/α,β-unsaturated/α-hetero) is 1. The highest BCUT2D eigenvalue weighted by atomic mass is 35.5. The van der Waals surface area contributed by atoms with E-state index in [1.54, 1.807) is 24.3 Å². The largest absolute Gasteiger partial charge is 0.469 e. The minimum Gasteiger partial charge on any atom is -0.469 e. The van der Waals surface area contributed by atoms with Crippen LogP contribution in [-0.2, 0) is 19.1 Å². The van der Waals surface area contributed by atoms with Gasteiger partial charge in [-0.3, -0.25) is 15.0 Å². The Morgan fingerprint density at radius 1 is 1.25 bits per heavy atom. The summed E-state index contributed by atoms with van der Waals surface area (Å²) in [5, 5.41) is 4.61. The Labute approximate surface area is 147 Å². The summed E-state index contributed by atoms with van der Waals surface area (Å²) >= 11 is 5.91. The number of halogens is 1. The number of anilines is 1. The molecule has 0 aliphatic rings. The number of methoxy groups -OCH3 is 1. The number of carbonyl (C=O) groups excluding carboxylic acids is 2. The predicted octanol–water partition coefficient (Wildman–Crippen LogP) is 3.79. The van der Waals surface area contributed by atoms with Crippen molar-refractivity contribution < 1.29 is 19.1 Å². The molecule has 0 saturated heterocycles. The van der Waals surface area contributed by atoms with E-state index in [-0.39, 0.29) is 30.5 Å². The van der Waals surface area contributed by atoms with Crippen LogP contribution >= 0.6 is 11.6 Å². The van der Waals surface area contributed by atoms with Gasteiger partial charge in [0.2, 0.25) is 5.78 Å². The van der Waals surface area contributed by atoms with E-state index in [0.29, 0.717) is 17.1 Å². The molecule has 6 nitrogen and oxygen atoms in total. The van der Waals surface area contributed by atoms with Crippen LogP contribution in [0.3, 0.4) is 0 Å². The molecule has 0 spiro atoms. The second-order valence-electron chi connectivity index (χ2n) is 6.11. The molecule has 0 aliphatic carbocycles. The first-order valence-electron chi connectivity index (χ1n) is 7.59. The number of esters is 1. The molecule has 0 fully saturated rings. The van der Waals surface area contributed by atoms with Crippen LogP contribution in [-0.4, -0.2) is 30.4 Å². The summed E-state index contributed by atoms with van der Waals surface area (Å²) in [5.41, 5.74) is 2.83. The maximum Gasteiger partial charge on any atom is 0.305 e. The minimum atomic E-state index is -0.577. The van der Waals surface area contributed by atoms with Gasteiger partial charge >= 0.3 is 5.97 Å². The second-order valence-corrected chi connectivity index (χ2v) is 6.54. The Hall–Kier alpha value is -2.08. The number of hydrazone groups is 1. The van der Waals surface area contributed by atoms with Crippen molar-refractivity contribution >= 4 is 34.9 Å². The van der Waals surface area contributed by atoms with Gasteiger partial charge in [-0.15, -0.1) is 5.10 Å². The molecule has 7 heteroatoms. The smallest absolute Gasteiger partial charge is 0.305 e. The minimum absolute atomic E-state index is 0.0349. The van der Waals surface area contributed by atoms with Crippen LogP contribution in [0.1, 0.15) is 40.0 Å². The fourth-order valence-electron chi connectivity index (χ4n) is 1.71. The number of hydrogen-bond acceptors (Lipinski definition) is 6. The maximum absolute atomic E-state index is 12.3. The van der Waals surface area contributed by atoms with Crippen LogP contribution in [0.15, 0.2) is 29.4 Å². The van der Waals surface area contributed by atoms with Gasteiger partial charge in [-0.25, -0.2) is 0 Å². The lowest BCUT2D eigenvalue weighted by atomic mass is 10.1. The van der Waals surface area contributed by atoms with Gasteiger partial charge in [0.25, 0.3) is 5.90 Å². The third-order valence-electron chi connectivity index (χ3n) is 2.76. The molecular formula is C17H23ClN2O4. The van der Waals surface area contributed by atoms with Crippen molar-refractivity contribution in [3.63, 3.8) is 0 Å². The molecule has 1 aromatic carbocycles. The van der Waals surface area contributed by atoms with E-state index in [1.165, 1.54) is 7.11 Å². The number of carbonyl (C=O) groups is 2. The SMILES string of the molecule is COC(=O)CCCC(=O)/C(=N\Nc1cccc(Cl)c1)OC(C)(C)C. The summed E-state index contributed by atoms with van der Waals surface area (Å²) in [6.45, 7) is 5.47. The highest BCUT2D eigenvalue weighted by molar-refractivity contribution is 6.36. The number of rotatable bonds is 7. The van der Waals surface area contributed by atoms with Crippen molar-refractivity contribution in [2.24, 2.45) is 5.10 Å². The molecule has 0 heterocycles. The molecule has 0 unspecified atom stereocenters. The maximum atomic E-state index is 12.3. The second kappa shape index (κ2) is 9.27. The van der Waals surface area contributed by atoms with E-state index in [1.807, 2.05) is 20.8 Å². The number of nitrogens with one attached hydrogen (secondary N) is 1. The Bertz CT molecular complexity index is 609. The molecule has 0 radical (unpaired) electrons. The van der Waals surface area contributed by atoms with Gasteiger partial charge in [0.1, 0.15) is 5.60 Å². The first-order chi connectivity index (χ1) is 11.2. The lowest BCUT2D eigenvalue weighted by molar-refractivity contribution is -0.140. The molecule has 0 amide bonds. The molecule has 0 saturated carbocycles. The Morgan fingerprint density at radius 3 is 2.54 bits per heavy atom. The fraction of sp³-hybridized carbons (Fsp3) is 0.471. The van der Waals surface area contributed by atoms with Crippen LogP contribution in [0.5, 0.6) is 0 Å². The number of ether oxygens (including phenoxy) is 2. The van der Waals surface area contributed by atoms with Gasteiger partial charge in [-0.05, 0) is 45.4 Å². The molecule has 1 rings (SSSR count). The first-order valence-corrected chi connectivity index (χ1v) is 7.97. The molecule has 0 aromatic heterocycles. The van der Waals surface area contributed by atoms with Crippen LogP contribution in [0.25, 0.3) is 0 Å². The zero-order valence-electron chi connectivity index (χ0n) is 14.4. The standard InChI is InChI=1S/C17H23ClN2O4/c1-17(2,3)24-16(14(21)9-6-10-15(22)23-4)20-19-13-8-5-7-12(18)11-13/h5,7-8,11,19H,6,9-10H2,1-4H3/b20-16+. The van der Waals surface area contributed by atoms with Gasteiger partial charge < -0.3 is 9.47 Å². The number of hydrogen-bond donors (Lipinski definition) is 1. The summed E-state index contributed by atoms with van der Waals surface area (Å²) < 4.78 is 10.2. The summed E-state index contributed by atoms with van der Waals surface area (Å²) in [4.78, 5) is 23.4. The van der Waals surface area contributed by atoms with E-state index < -0.39 is 5.60 Å². The Morgan fingerprint density at radius 2 is 1.96 bits per heavy atom. The van der Waals surface area contributed by atoms with Crippen molar-refractivity contribution in [1.82, 2.24) is 0 Å². The van der Waals surface area contributed by atoms with Gasteiger partial charge in [-0.1, -0.05) is 17.7 Å². The third-order valence-corrected chi connectivity index (χ3v) is 3.00. The number of ketones is 1. The van der Waals surface area contributed by atoms with E-state index in [9.17, 15) is 9.59 Å². The summed E-state index contributed by atoms with van der Waals surface area (Å²) in [6, 6.07) is 6.96. The van der Waals surface area contributed by atoms with Crippen LogP contribution in [0, 0.1) is 0 Å². The van der Waals surface area contributed by atoms with E-state index in [4.69, 9.17) is 16.3 Å². The average Bonchev–Trinajstić information content (AvgIpc) is 2.50. The molecule has 1 aromatic rings. The lowest BCUT2D eigenvalue weighted by Gasteiger charge is -2.21. The monoisotopic (exact) mass is 354 g/mol. The highest BCUT2D eigenvalue weighted by Crippen LogP contribution is 2.16. The van der Waals surface area contributed by atoms with E-state index >= 15 is 0 Å². The van der Waals surface area contributed by atoms with Crippen molar-refractivity contribution in [2.45, 2.75) is 45.6 Å². The van der Waals surface area contributed by atoms with Gasteiger partial charge in [0, 0.05) is 17.9 Å². The Balaban J connectivity index is 2.77. The molecule has 0 atom stereocenters. The predicted molar refractivity (Wildman–Crippen MR) is 94.2 cm³/mol. The first kappa shape index (κ1) is 20.0. The number of nitrogens with zero attached hydrogens (tertiary/aromatic N) is 1. The summed E-state index contributed by atoms with van der Waals surface area (Å²) in [5.74, 6) is -0.675. The zero-order valence-corrected chi connectivity index (χ0v) is 15.1. The summed E-state index contributed by atoms with van der Waals surface area (Å²) in [6.07, 6.45) is 0.684. The van der Waals surface area contributed by atoms with Gasteiger partial charge in [0.05, 0.1) is 12.8 Å².